The van der Waals surface area contributed by atoms with Gasteiger partial charge in [-0.2, -0.15) is 0 Å². The van der Waals surface area contributed by atoms with E-state index in [0.29, 0.717) is 6.61 Å². The van der Waals surface area contributed by atoms with Crippen molar-refractivity contribution in [3.8, 4) is 0 Å². The highest BCUT2D eigenvalue weighted by molar-refractivity contribution is 5.08. The molecule has 3 aliphatic heterocycles. The van der Waals surface area contributed by atoms with Gasteiger partial charge < -0.3 is 28.8 Å². The van der Waals surface area contributed by atoms with E-state index in [-0.39, 0.29) is 12.2 Å². The molecule has 3 saturated heterocycles. The van der Waals surface area contributed by atoms with Crippen LogP contribution >= 0.6 is 0 Å². The van der Waals surface area contributed by atoms with Gasteiger partial charge in [0.05, 0.1) is 6.61 Å². The van der Waals surface area contributed by atoms with E-state index in [4.69, 9.17) is 23.7 Å². The van der Waals surface area contributed by atoms with Gasteiger partial charge in [0.2, 0.25) is 5.79 Å². The number of aliphatic hydroxyl groups excluding tert-OH is 1. The summed E-state index contributed by atoms with van der Waals surface area (Å²) < 4.78 is 30.1. The van der Waals surface area contributed by atoms with Gasteiger partial charge in [0.15, 0.2) is 11.6 Å². The van der Waals surface area contributed by atoms with Crippen molar-refractivity contribution in [1.82, 2.24) is 0 Å². The lowest BCUT2D eigenvalue weighted by Gasteiger charge is -2.47. The van der Waals surface area contributed by atoms with E-state index in [2.05, 4.69) is 0 Å². The van der Waals surface area contributed by atoms with Crippen molar-refractivity contribution in [3.63, 3.8) is 0 Å². The van der Waals surface area contributed by atoms with E-state index < -0.39 is 35.0 Å². The van der Waals surface area contributed by atoms with Crippen molar-refractivity contribution in [3.05, 3.63) is 0 Å². The molecule has 0 amide bonds. The summed E-state index contributed by atoms with van der Waals surface area (Å²) in [7, 11) is 0. The SMILES string of the molecule is CC1(C)O[C@@H]2[C@@H](CO[C@@]3([C@H](O)C(C)(C)C)OC(C)(C)O[C@@H]23)O1. The molecule has 0 bridgehead atoms. The second-order valence-electron chi connectivity index (χ2n) is 8.48. The zero-order valence-electron chi connectivity index (χ0n) is 14.5. The summed E-state index contributed by atoms with van der Waals surface area (Å²) >= 11 is 0. The molecule has 3 heterocycles. The second-order valence-corrected chi connectivity index (χ2v) is 8.48. The molecule has 1 N–H and O–H groups in total. The number of rotatable bonds is 1. The monoisotopic (exact) mass is 316 g/mol. The van der Waals surface area contributed by atoms with Crippen LogP contribution in [0.3, 0.4) is 0 Å². The Morgan fingerprint density at radius 3 is 2.23 bits per heavy atom. The fraction of sp³-hybridized carbons (Fsp3) is 1.00. The Morgan fingerprint density at radius 2 is 1.64 bits per heavy atom. The van der Waals surface area contributed by atoms with E-state index in [0.717, 1.165) is 0 Å². The van der Waals surface area contributed by atoms with Crippen LogP contribution in [-0.4, -0.2) is 53.5 Å². The molecule has 3 rings (SSSR count). The third-order valence-corrected chi connectivity index (χ3v) is 4.41. The standard InChI is InChI=1S/C16H28O6/c1-13(2,3)12(17)16-11(21-15(6,7)22-16)10-9(8-18-16)19-14(4,5)20-10/h9-12,17H,8H2,1-7H3/t9-,10-,11+,12-,16-/m1/s1. The predicted molar refractivity (Wildman–Crippen MR) is 78.0 cm³/mol. The minimum absolute atomic E-state index is 0.224. The summed E-state index contributed by atoms with van der Waals surface area (Å²) in [6.07, 6.45) is -1.96. The molecule has 6 nitrogen and oxygen atoms in total. The largest absolute Gasteiger partial charge is 0.387 e. The lowest BCUT2D eigenvalue weighted by Crippen LogP contribution is -2.66. The smallest absolute Gasteiger partial charge is 0.227 e. The molecule has 0 saturated carbocycles. The molecule has 3 aliphatic rings. The van der Waals surface area contributed by atoms with E-state index in [1.807, 2.05) is 48.5 Å². The van der Waals surface area contributed by atoms with Gasteiger partial charge in [0.1, 0.15) is 24.4 Å². The van der Waals surface area contributed by atoms with Crippen molar-refractivity contribution in [2.75, 3.05) is 6.61 Å². The summed E-state index contributed by atoms with van der Waals surface area (Å²) in [6.45, 7) is 13.5. The van der Waals surface area contributed by atoms with Crippen LogP contribution in [0.2, 0.25) is 0 Å². The molecule has 0 aromatic carbocycles. The Bertz CT molecular complexity index is 454. The zero-order valence-corrected chi connectivity index (χ0v) is 14.5. The van der Waals surface area contributed by atoms with Gasteiger partial charge in [-0.1, -0.05) is 20.8 Å². The summed E-state index contributed by atoms with van der Waals surface area (Å²) in [6, 6.07) is 0. The van der Waals surface area contributed by atoms with E-state index in [9.17, 15) is 5.11 Å². The Labute approximate surface area is 132 Å². The maximum atomic E-state index is 10.9. The minimum atomic E-state index is -1.24. The molecule has 22 heavy (non-hydrogen) atoms. The zero-order chi connectivity index (χ0) is 16.6. The Balaban J connectivity index is 1.98. The van der Waals surface area contributed by atoms with Crippen molar-refractivity contribution in [2.24, 2.45) is 5.41 Å². The van der Waals surface area contributed by atoms with Crippen molar-refractivity contribution in [2.45, 2.75) is 90.2 Å². The van der Waals surface area contributed by atoms with Gasteiger partial charge in [0, 0.05) is 0 Å². The van der Waals surface area contributed by atoms with Crippen LogP contribution in [0.15, 0.2) is 0 Å². The molecule has 128 valence electrons. The molecular weight excluding hydrogens is 288 g/mol. The molecule has 0 spiro atoms. The molecule has 0 aromatic rings. The quantitative estimate of drug-likeness (QED) is 0.795. The number of aliphatic hydroxyl groups is 1. The number of hydrogen-bond acceptors (Lipinski definition) is 6. The van der Waals surface area contributed by atoms with Crippen LogP contribution < -0.4 is 0 Å². The van der Waals surface area contributed by atoms with E-state index >= 15 is 0 Å². The van der Waals surface area contributed by atoms with Gasteiger partial charge in [-0.3, -0.25) is 0 Å². The molecule has 0 aromatic heterocycles. The normalized spacial score (nSPS) is 44.5. The van der Waals surface area contributed by atoms with Crippen molar-refractivity contribution >= 4 is 0 Å². The summed E-state index contributed by atoms with van der Waals surface area (Å²) in [5.41, 5.74) is -0.427. The Kier molecular flexibility index (Phi) is 3.51. The van der Waals surface area contributed by atoms with Crippen LogP contribution in [-0.2, 0) is 23.7 Å². The minimum Gasteiger partial charge on any atom is -0.387 e. The molecular formula is C16H28O6. The molecule has 0 unspecified atom stereocenters. The highest BCUT2D eigenvalue weighted by Crippen LogP contribution is 2.51. The molecule has 6 heteroatoms. The summed E-state index contributed by atoms with van der Waals surface area (Å²) in [5, 5.41) is 10.9. The van der Waals surface area contributed by atoms with Crippen molar-refractivity contribution < 1.29 is 28.8 Å². The van der Waals surface area contributed by atoms with Crippen molar-refractivity contribution in [1.29, 1.82) is 0 Å². The Morgan fingerprint density at radius 1 is 1.00 bits per heavy atom. The lowest BCUT2D eigenvalue weighted by molar-refractivity contribution is -0.331. The van der Waals surface area contributed by atoms with E-state index in [1.54, 1.807) is 0 Å². The summed E-state index contributed by atoms with van der Waals surface area (Å²) in [5.74, 6) is -2.80. The molecule has 5 atom stereocenters. The fourth-order valence-corrected chi connectivity index (χ4v) is 3.62. The van der Waals surface area contributed by atoms with Crippen LogP contribution in [0.5, 0.6) is 0 Å². The van der Waals surface area contributed by atoms with Crippen LogP contribution in [0.1, 0.15) is 48.5 Å². The third kappa shape index (κ3) is 2.50. The Hall–Kier alpha value is -0.240. The number of fused-ring (bicyclic) bond motifs is 3. The summed E-state index contributed by atoms with van der Waals surface area (Å²) in [4.78, 5) is 0. The topological polar surface area (TPSA) is 66.4 Å². The maximum absolute atomic E-state index is 10.9. The van der Waals surface area contributed by atoms with Gasteiger partial charge in [-0.05, 0) is 33.1 Å². The lowest BCUT2D eigenvalue weighted by atomic mass is 9.79. The van der Waals surface area contributed by atoms with Crippen LogP contribution in [0.25, 0.3) is 0 Å². The van der Waals surface area contributed by atoms with Gasteiger partial charge >= 0.3 is 0 Å². The first-order valence-electron chi connectivity index (χ1n) is 7.92. The van der Waals surface area contributed by atoms with Gasteiger partial charge in [0.25, 0.3) is 0 Å². The molecule has 0 radical (unpaired) electrons. The van der Waals surface area contributed by atoms with Crippen LogP contribution in [0, 0.1) is 5.41 Å². The average Bonchev–Trinajstić information content (AvgIpc) is 2.79. The van der Waals surface area contributed by atoms with E-state index in [1.165, 1.54) is 0 Å². The molecule has 0 aliphatic carbocycles. The van der Waals surface area contributed by atoms with Gasteiger partial charge in [-0.25, -0.2) is 0 Å². The third-order valence-electron chi connectivity index (χ3n) is 4.41. The first-order chi connectivity index (χ1) is 9.86. The second kappa shape index (κ2) is 4.65. The average molecular weight is 316 g/mol. The first-order valence-corrected chi connectivity index (χ1v) is 7.92. The number of ether oxygens (including phenoxy) is 5. The predicted octanol–water partition coefficient (Wildman–Crippen LogP) is 1.79. The van der Waals surface area contributed by atoms with Crippen LogP contribution in [0.4, 0.5) is 0 Å². The highest BCUT2D eigenvalue weighted by atomic mass is 16.9. The fourth-order valence-electron chi connectivity index (χ4n) is 3.62. The van der Waals surface area contributed by atoms with Gasteiger partial charge in [-0.15, -0.1) is 0 Å². The molecule has 3 fully saturated rings. The maximum Gasteiger partial charge on any atom is 0.227 e. The first kappa shape index (κ1) is 16.6. The highest BCUT2D eigenvalue weighted by Gasteiger charge is 2.69. The number of hydrogen-bond donors (Lipinski definition) is 1.